The summed E-state index contributed by atoms with van der Waals surface area (Å²) in [6.45, 7) is 2.08. The Labute approximate surface area is 131 Å². The van der Waals surface area contributed by atoms with Crippen LogP contribution in [0.2, 0.25) is 0 Å². The Morgan fingerprint density at radius 3 is 2.50 bits per heavy atom. The Bertz CT molecular complexity index is 668. The van der Waals surface area contributed by atoms with Crippen LogP contribution < -0.4 is 0 Å². The molecular weight excluding hydrogens is 302 g/mol. The van der Waals surface area contributed by atoms with E-state index in [-0.39, 0.29) is 17.0 Å². The van der Waals surface area contributed by atoms with Crippen LogP contribution in [-0.4, -0.2) is 35.9 Å². The highest BCUT2D eigenvalue weighted by atomic mass is 32.2. The molecule has 0 spiro atoms. The molecule has 22 heavy (non-hydrogen) atoms. The van der Waals surface area contributed by atoms with Gasteiger partial charge in [0.15, 0.2) is 0 Å². The first kappa shape index (κ1) is 15.5. The van der Waals surface area contributed by atoms with Crippen molar-refractivity contribution in [2.45, 2.75) is 56.0 Å². The van der Waals surface area contributed by atoms with Crippen LogP contribution in [0, 0.1) is 5.92 Å². The summed E-state index contributed by atoms with van der Waals surface area (Å²) in [4.78, 5) is 11.6. The first-order chi connectivity index (χ1) is 10.4. The first-order valence-electron chi connectivity index (χ1n) is 7.80. The number of carboxylic acid groups (broad SMARTS) is 1. The lowest BCUT2D eigenvalue weighted by Gasteiger charge is -2.22. The topological polar surface area (TPSA) is 74.7 Å². The number of carboxylic acids is 1. The minimum absolute atomic E-state index is 0.161. The number of sulfonamides is 1. The minimum atomic E-state index is -3.60. The maximum Gasteiger partial charge on any atom is 0.308 e. The SMILES string of the molecule is CCCc1ccc(S(=O)(=O)N2C3CCC2C(C(=O)O)C3)cc1. The van der Waals surface area contributed by atoms with Gasteiger partial charge in [-0.2, -0.15) is 4.31 Å². The predicted octanol–water partition coefficient (Wildman–Crippen LogP) is 2.27. The molecule has 2 saturated heterocycles. The second kappa shape index (κ2) is 5.66. The molecule has 3 unspecified atom stereocenters. The number of nitrogens with zero attached hydrogens (tertiary/aromatic N) is 1. The maximum absolute atomic E-state index is 12.9. The summed E-state index contributed by atoms with van der Waals surface area (Å²) in [5.41, 5.74) is 1.12. The van der Waals surface area contributed by atoms with Gasteiger partial charge in [-0.15, -0.1) is 0 Å². The van der Waals surface area contributed by atoms with E-state index in [0.29, 0.717) is 12.8 Å². The van der Waals surface area contributed by atoms with E-state index in [1.54, 1.807) is 12.1 Å². The van der Waals surface area contributed by atoms with Gasteiger partial charge in [-0.05, 0) is 43.4 Å². The summed E-state index contributed by atoms with van der Waals surface area (Å²) in [6.07, 6.45) is 3.79. The van der Waals surface area contributed by atoms with Gasteiger partial charge in [-0.25, -0.2) is 8.42 Å². The highest BCUT2D eigenvalue weighted by molar-refractivity contribution is 7.89. The quantitative estimate of drug-likeness (QED) is 0.902. The van der Waals surface area contributed by atoms with E-state index in [0.717, 1.165) is 24.8 Å². The number of aliphatic carboxylic acids is 1. The van der Waals surface area contributed by atoms with Crippen molar-refractivity contribution >= 4 is 16.0 Å². The third kappa shape index (κ3) is 2.44. The van der Waals surface area contributed by atoms with E-state index < -0.39 is 21.9 Å². The van der Waals surface area contributed by atoms with Gasteiger partial charge in [-0.3, -0.25) is 4.79 Å². The van der Waals surface area contributed by atoms with Crippen molar-refractivity contribution in [3.8, 4) is 0 Å². The molecule has 3 atom stereocenters. The third-order valence-electron chi connectivity index (χ3n) is 4.83. The molecule has 2 fully saturated rings. The highest BCUT2D eigenvalue weighted by Gasteiger charge is 2.54. The van der Waals surface area contributed by atoms with Crippen molar-refractivity contribution in [2.24, 2.45) is 5.92 Å². The zero-order chi connectivity index (χ0) is 15.9. The Morgan fingerprint density at radius 1 is 1.27 bits per heavy atom. The summed E-state index contributed by atoms with van der Waals surface area (Å²) >= 11 is 0. The van der Waals surface area contributed by atoms with Crippen LogP contribution in [0.5, 0.6) is 0 Å². The molecule has 0 radical (unpaired) electrons. The molecule has 2 aliphatic heterocycles. The van der Waals surface area contributed by atoms with E-state index in [2.05, 4.69) is 6.92 Å². The molecule has 0 amide bonds. The molecule has 120 valence electrons. The molecule has 1 aromatic carbocycles. The van der Waals surface area contributed by atoms with Gasteiger partial charge in [0.25, 0.3) is 0 Å². The second-order valence-corrected chi connectivity index (χ2v) is 8.05. The molecule has 6 heteroatoms. The van der Waals surface area contributed by atoms with Gasteiger partial charge in [0.2, 0.25) is 10.0 Å². The van der Waals surface area contributed by atoms with Crippen molar-refractivity contribution in [1.29, 1.82) is 0 Å². The van der Waals surface area contributed by atoms with E-state index in [9.17, 15) is 18.3 Å². The summed E-state index contributed by atoms with van der Waals surface area (Å²) in [7, 11) is -3.60. The number of hydrogen-bond acceptors (Lipinski definition) is 3. The fraction of sp³-hybridized carbons (Fsp3) is 0.562. The van der Waals surface area contributed by atoms with Crippen molar-refractivity contribution in [3.63, 3.8) is 0 Å². The molecule has 1 aromatic rings. The molecular formula is C16H21NO4S. The van der Waals surface area contributed by atoms with E-state index in [1.807, 2.05) is 12.1 Å². The monoisotopic (exact) mass is 323 g/mol. The second-order valence-electron chi connectivity index (χ2n) is 6.21. The fourth-order valence-electron chi connectivity index (χ4n) is 3.82. The number of benzene rings is 1. The highest BCUT2D eigenvalue weighted by Crippen LogP contribution is 2.45. The first-order valence-corrected chi connectivity index (χ1v) is 9.24. The average molecular weight is 323 g/mol. The lowest BCUT2D eigenvalue weighted by Crippen LogP contribution is -2.37. The van der Waals surface area contributed by atoms with Crippen molar-refractivity contribution in [1.82, 2.24) is 4.31 Å². The van der Waals surface area contributed by atoms with Gasteiger partial charge in [-0.1, -0.05) is 25.5 Å². The normalized spacial score (nSPS) is 28.1. The van der Waals surface area contributed by atoms with Crippen LogP contribution in [0.3, 0.4) is 0 Å². The zero-order valence-electron chi connectivity index (χ0n) is 12.6. The zero-order valence-corrected chi connectivity index (χ0v) is 13.4. The Balaban J connectivity index is 1.89. The van der Waals surface area contributed by atoms with E-state index >= 15 is 0 Å². The Morgan fingerprint density at radius 2 is 1.95 bits per heavy atom. The van der Waals surface area contributed by atoms with Crippen LogP contribution in [-0.2, 0) is 21.2 Å². The van der Waals surface area contributed by atoms with Crippen LogP contribution in [0.4, 0.5) is 0 Å². The average Bonchev–Trinajstić information content (AvgIpc) is 3.06. The molecule has 0 aliphatic carbocycles. The van der Waals surface area contributed by atoms with Gasteiger partial charge in [0.1, 0.15) is 0 Å². The van der Waals surface area contributed by atoms with Crippen molar-refractivity contribution < 1.29 is 18.3 Å². The van der Waals surface area contributed by atoms with Gasteiger partial charge >= 0.3 is 5.97 Å². The van der Waals surface area contributed by atoms with E-state index in [1.165, 1.54) is 4.31 Å². The minimum Gasteiger partial charge on any atom is -0.481 e. The van der Waals surface area contributed by atoms with Gasteiger partial charge < -0.3 is 5.11 Å². The largest absolute Gasteiger partial charge is 0.481 e. The number of rotatable bonds is 5. The molecule has 1 N–H and O–H groups in total. The number of carbonyl (C=O) groups is 1. The van der Waals surface area contributed by atoms with Crippen LogP contribution in [0.1, 0.15) is 38.2 Å². The fourth-order valence-corrected chi connectivity index (χ4v) is 5.73. The smallest absolute Gasteiger partial charge is 0.308 e. The molecule has 3 rings (SSSR count). The van der Waals surface area contributed by atoms with Gasteiger partial charge in [0.05, 0.1) is 10.8 Å². The summed E-state index contributed by atoms with van der Waals surface area (Å²) in [6, 6.07) is 6.45. The molecule has 0 aromatic heterocycles. The molecule has 2 heterocycles. The third-order valence-corrected chi connectivity index (χ3v) is 6.82. The van der Waals surface area contributed by atoms with Crippen LogP contribution in [0.15, 0.2) is 29.2 Å². The molecule has 5 nitrogen and oxygen atoms in total. The van der Waals surface area contributed by atoms with Crippen LogP contribution in [0.25, 0.3) is 0 Å². The standard InChI is InChI=1S/C16H21NO4S/c1-2-3-11-4-7-13(8-5-11)22(20,21)17-12-6-9-15(17)14(10-12)16(18)19/h4-5,7-8,12,14-15H,2-3,6,9-10H2,1H3,(H,18,19). The van der Waals surface area contributed by atoms with E-state index in [4.69, 9.17) is 0 Å². The molecule has 2 bridgehead atoms. The number of hydrogen-bond donors (Lipinski definition) is 1. The Hall–Kier alpha value is -1.40. The maximum atomic E-state index is 12.9. The van der Waals surface area contributed by atoms with Gasteiger partial charge in [0, 0.05) is 12.1 Å². The van der Waals surface area contributed by atoms with Crippen molar-refractivity contribution in [3.05, 3.63) is 29.8 Å². The number of fused-ring (bicyclic) bond motifs is 2. The van der Waals surface area contributed by atoms with Crippen LogP contribution >= 0.6 is 0 Å². The van der Waals surface area contributed by atoms with Crippen molar-refractivity contribution in [2.75, 3.05) is 0 Å². The molecule has 0 saturated carbocycles. The Kier molecular flexibility index (Phi) is 3.99. The lowest BCUT2D eigenvalue weighted by atomic mass is 9.89. The summed E-state index contributed by atoms with van der Waals surface area (Å²) in [5.74, 6) is -1.45. The summed E-state index contributed by atoms with van der Waals surface area (Å²) in [5, 5.41) is 9.26. The summed E-state index contributed by atoms with van der Waals surface area (Å²) < 4.78 is 27.2. The lowest BCUT2D eigenvalue weighted by molar-refractivity contribution is -0.142. The number of aryl methyl sites for hydroxylation is 1. The predicted molar refractivity (Wildman–Crippen MR) is 82.0 cm³/mol. The molecule has 2 aliphatic rings.